The third-order valence-electron chi connectivity index (χ3n) is 3.23. The molecule has 0 fully saturated rings. The molecule has 5 heteroatoms. The summed E-state index contributed by atoms with van der Waals surface area (Å²) in [5, 5.41) is 3.37. The van der Waals surface area contributed by atoms with Crippen LogP contribution in [0.2, 0.25) is 0 Å². The monoisotopic (exact) mass is 269 g/mol. The molecule has 0 bridgehead atoms. The molecule has 3 aromatic rings. The van der Waals surface area contributed by atoms with Gasteiger partial charge in [-0.2, -0.15) is 0 Å². The number of benzene rings is 1. The Morgan fingerprint density at radius 2 is 2.10 bits per heavy atom. The van der Waals surface area contributed by atoms with Crippen molar-refractivity contribution in [2.75, 3.05) is 5.32 Å². The maximum absolute atomic E-state index is 4.64. The first kappa shape index (κ1) is 12.7. The van der Waals surface area contributed by atoms with Crippen LogP contribution in [0.1, 0.15) is 32.3 Å². The SMILES string of the molecule is CC(C)(C)c1nc2ccc(NCc3cnc[nH]3)cc2[nH]1. The Bertz CT molecular complexity index is 704. The van der Waals surface area contributed by atoms with Crippen LogP contribution >= 0.6 is 0 Å². The van der Waals surface area contributed by atoms with Gasteiger partial charge in [-0.05, 0) is 18.2 Å². The van der Waals surface area contributed by atoms with Crippen LogP contribution in [-0.4, -0.2) is 19.9 Å². The molecule has 20 heavy (non-hydrogen) atoms. The fourth-order valence-corrected chi connectivity index (χ4v) is 2.05. The summed E-state index contributed by atoms with van der Waals surface area (Å²) >= 11 is 0. The third-order valence-corrected chi connectivity index (χ3v) is 3.23. The molecule has 0 aliphatic heterocycles. The number of fused-ring (bicyclic) bond motifs is 1. The molecular formula is C15H19N5. The Morgan fingerprint density at radius 3 is 2.80 bits per heavy atom. The first-order chi connectivity index (χ1) is 9.52. The normalized spacial score (nSPS) is 11.9. The van der Waals surface area contributed by atoms with E-state index in [0.717, 1.165) is 34.8 Å². The van der Waals surface area contributed by atoms with Crippen molar-refractivity contribution in [2.24, 2.45) is 0 Å². The molecule has 104 valence electrons. The van der Waals surface area contributed by atoms with Gasteiger partial charge in [-0.1, -0.05) is 20.8 Å². The van der Waals surface area contributed by atoms with Crippen LogP contribution in [0.4, 0.5) is 5.69 Å². The number of hydrogen-bond donors (Lipinski definition) is 3. The summed E-state index contributed by atoms with van der Waals surface area (Å²) in [6, 6.07) is 6.18. The van der Waals surface area contributed by atoms with Crippen molar-refractivity contribution in [1.82, 2.24) is 19.9 Å². The van der Waals surface area contributed by atoms with Gasteiger partial charge in [0.15, 0.2) is 0 Å². The van der Waals surface area contributed by atoms with Crippen LogP contribution in [0, 0.1) is 0 Å². The van der Waals surface area contributed by atoms with Crippen molar-refractivity contribution < 1.29 is 0 Å². The summed E-state index contributed by atoms with van der Waals surface area (Å²) in [4.78, 5) is 15.1. The van der Waals surface area contributed by atoms with Crippen molar-refractivity contribution in [3.63, 3.8) is 0 Å². The number of rotatable bonds is 3. The van der Waals surface area contributed by atoms with Gasteiger partial charge in [0.25, 0.3) is 0 Å². The van der Waals surface area contributed by atoms with Crippen LogP contribution in [0.5, 0.6) is 0 Å². The van der Waals surface area contributed by atoms with E-state index >= 15 is 0 Å². The van der Waals surface area contributed by atoms with Crippen LogP contribution in [0.25, 0.3) is 11.0 Å². The molecule has 0 atom stereocenters. The van der Waals surface area contributed by atoms with Gasteiger partial charge < -0.3 is 15.3 Å². The lowest BCUT2D eigenvalue weighted by Gasteiger charge is -2.13. The van der Waals surface area contributed by atoms with E-state index in [1.807, 2.05) is 18.3 Å². The highest BCUT2D eigenvalue weighted by atomic mass is 15.0. The summed E-state index contributed by atoms with van der Waals surface area (Å²) in [5.41, 5.74) is 4.22. The van der Waals surface area contributed by atoms with Crippen molar-refractivity contribution in [3.05, 3.63) is 42.2 Å². The van der Waals surface area contributed by atoms with E-state index in [0.29, 0.717) is 0 Å². The Balaban J connectivity index is 1.83. The number of hydrogen-bond acceptors (Lipinski definition) is 3. The summed E-state index contributed by atoms with van der Waals surface area (Å²) < 4.78 is 0. The molecule has 0 spiro atoms. The quantitative estimate of drug-likeness (QED) is 0.684. The van der Waals surface area contributed by atoms with E-state index in [1.165, 1.54) is 0 Å². The lowest BCUT2D eigenvalue weighted by atomic mass is 9.96. The fourth-order valence-electron chi connectivity index (χ4n) is 2.05. The molecule has 0 saturated heterocycles. The first-order valence-electron chi connectivity index (χ1n) is 6.74. The zero-order chi connectivity index (χ0) is 14.2. The Hall–Kier alpha value is -2.30. The topological polar surface area (TPSA) is 69.4 Å². The predicted octanol–water partition coefficient (Wildman–Crippen LogP) is 3.20. The van der Waals surface area contributed by atoms with E-state index < -0.39 is 0 Å². The smallest absolute Gasteiger partial charge is 0.112 e. The molecule has 0 saturated carbocycles. The highest BCUT2D eigenvalue weighted by molar-refractivity contribution is 5.79. The van der Waals surface area contributed by atoms with Crippen molar-refractivity contribution in [1.29, 1.82) is 0 Å². The minimum absolute atomic E-state index is 0.0303. The van der Waals surface area contributed by atoms with Crippen LogP contribution in [0.3, 0.4) is 0 Å². The number of nitrogens with zero attached hydrogens (tertiary/aromatic N) is 2. The number of anilines is 1. The molecule has 0 aliphatic carbocycles. The summed E-state index contributed by atoms with van der Waals surface area (Å²) in [6.45, 7) is 7.19. The van der Waals surface area contributed by atoms with E-state index in [-0.39, 0.29) is 5.41 Å². The Labute approximate surface area is 117 Å². The largest absolute Gasteiger partial charge is 0.379 e. The zero-order valence-corrected chi connectivity index (χ0v) is 12.0. The molecule has 0 radical (unpaired) electrons. The first-order valence-corrected chi connectivity index (χ1v) is 6.74. The van der Waals surface area contributed by atoms with Crippen molar-refractivity contribution >= 4 is 16.7 Å². The number of H-pyrrole nitrogens is 2. The number of imidazole rings is 2. The standard InChI is InChI=1S/C15H19N5/c1-15(2,3)14-19-12-5-4-10(6-13(12)20-14)17-8-11-7-16-9-18-11/h4-7,9,17H,8H2,1-3H3,(H,16,18)(H,19,20). The molecule has 5 nitrogen and oxygen atoms in total. The summed E-state index contributed by atoms with van der Waals surface area (Å²) in [7, 11) is 0. The fraction of sp³-hybridized carbons (Fsp3) is 0.333. The van der Waals surface area contributed by atoms with Crippen LogP contribution < -0.4 is 5.32 Å². The van der Waals surface area contributed by atoms with Gasteiger partial charge in [-0.15, -0.1) is 0 Å². The minimum atomic E-state index is 0.0303. The second-order valence-corrected chi connectivity index (χ2v) is 6.00. The van der Waals surface area contributed by atoms with Gasteiger partial charge in [0.2, 0.25) is 0 Å². The van der Waals surface area contributed by atoms with E-state index in [4.69, 9.17) is 0 Å². The van der Waals surface area contributed by atoms with Crippen molar-refractivity contribution in [2.45, 2.75) is 32.7 Å². The molecule has 0 unspecified atom stereocenters. The summed E-state index contributed by atoms with van der Waals surface area (Å²) in [6.07, 6.45) is 3.50. The lowest BCUT2D eigenvalue weighted by molar-refractivity contribution is 0.554. The van der Waals surface area contributed by atoms with Crippen LogP contribution in [0.15, 0.2) is 30.7 Å². The highest BCUT2D eigenvalue weighted by Crippen LogP contribution is 2.24. The molecule has 2 heterocycles. The summed E-state index contributed by atoms with van der Waals surface area (Å²) in [5.74, 6) is 1.01. The third kappa shape index (κ3) is 2.52. The number of aromatic amines is 2. The predicted molar refractivity (Wildman–Crippen MR) is 80.7 cm³/mol. The van der Waals surface area contributed by atoms with Crippen LogP contribution in [-0.2, 0) is 12.0 Å². The van der Waals surface area contributed by atoms with Gasteiger partial charge in [0, 0.05) is 17.3 Å². The molecule has 2 aromatic heterocycles. The second kappa shape index (κ2) is 4.67. The van der Waals surface area contributed by atoms with Gasteiger partial charge in [0.1, 0.15) is 5.82 Å². The van der Waals surface area contributed by atoms with Gasteiger partial charge in [-0.3, -0.25) is 0 Å². The maximum atomic E-state index is 4.64. The maximum Gasteiger partial charge on any atom is 0.112 e. The highest BCUT2D eigenvalue weighted by Gasteiger charge is 2.18. The number of nitrogens with one attached hydrogen (secondary N) is 3. The average molecular weight is 269 g/mol. The molecule has 3 N–H and O–H groups in total. The van der Waals surface area contributed by atoms with Gasteiger partial charge in [-0.25, -0.2) is 9.97 Å². The van der Waals surface area contributed by atoms with Gasteiger partial charge >= 0.3 is 0 Å². The van der Waals surface area contributed by atoms with E-state index in [1.54, 1.807) is 6.33 Å². The molecule has 1 aromatic carbocycles. The average Bonchev–Trinajstić information content (AvgIpc) is 3.04. The van der Waals surface area contributed by atoms with E-state index in [9.17, 15) is 0 Å². The molecular weight excluding hydrogens is 250 g/mol. The van der Waals surface area contributed by atoms with E-state index in [2.05, 4.69) is 52.1 Å². The Morgan fingerprint density at radius 1 is 1.25 bits per heavy atom. The number of aromatic nitrogens is 4. The van der Waals surface area contributed by atoms with Crippen molar-refractivity contribution in [3.8, 4) is 0 Å². The zero-order valence-electron chi connectivity index (χ0n) is 12.0. The van der Waals surface area contributed by atoms with Gasteiger partial charge in [0.05, 0.1) is 29.6 Å². The minimum Gasteiger partial charge on any atom is -0.379 e. The Kier molecular flexibility index (Phi) is 2.97. The molecule has 0 aliphatic rings. The molecule has 0 amide bonds. The lowest BCUT2D eigenvalue weighted by Crippen LogP contribution is -2.12. The second-order valence-electron chi connectivity index (χ2n) is 6.00. The molecule has 3 rings (SSSR count).